The molecule has 3 aliphatic heterocycles. The van der Waals surface area contributed by atoms with Crippen LogP contribution in [-0.2, 0) is 23.8 Å². The Morgan fingerprint density at radius 3 is 3.12 bits per heavy atom. The second-order valence-electron chi connectivity index (χ2n) is 4.97. The molecule has 0 N–H and O–H groups in total. The summed E-state index contributed by atoms with van der Waals surface area (Å²) in [5.74, 6) is -0.433. The highest BCUT2D eigenvalue weighted by Gasteiger charge is 2.61. The zero-order valence-electron chi connectivity index (χ0n) is 9.76. The fraction of sp³-hybridized carbons (Fsp3) is 0.833. The summed E-state index contributed by atoms with van der Waals surface area (Å²) in [5.41, 5.74) is 0. The minimum absolute atomic E-state index is 0.0240. The monoisotopic (exact) mass is 240 g/mol. The number of ether oxygens (including phenoxy) is 3. The van der Waals surface area contributed by atoms with E-state index in [0.717, 1.165) is 6.42 Å². The van der Waals surface area contributed by atoms with Crippen molar-refractivity contribution in [2.45, 2.75) is 44.5 Å². The van der Waals surface area contributed by atoms with Crippen molar-refractivity contribution >= 4 is 11.9 Å². The van der Waals surface area contributed by atoms with Crippen molar-refractivity contribution < 1.29 is 23.8 Å². The first kappa shape index (κ1) is 11.0. The standard InChI is InChI=1S/C12H16O5/c1-2-3-9(13)16-8-4-7-6-5-15-12(14)10(6)11(8)17-7/h6-8,10-11H,2-5H2,1H3. The van der Waals surface area contributed by atoms with Crippen molar-refractivity contribution in [1.82, 2.24) is 0 Å². The molecule has 5 heteroatoms. The summed E-state index contributed by atoms with van der Waals surface area (Å²) in [6.07, 6.45) is 1.39. The molecule has 0 amide bonds. The van der Waals surface area contributed by atoms with Gasteiger partial charge in [-0.2, -0.15) is 0 Å². The largest absolute Gasteiger partial charge is 0.465 e. The number of hydrogen-bond donors (Lipinski definition) is 0. The van der Waals surface area contributed by atoms with E-state index in [1.54, 1.807) is 0 Å². The third-order valence-corrected chi connectivity index (χ3v) is 3.88. The molecule has 0 spiro atoms. The Labute approximate surface area is 99.4 Å². The Bertz CT molecular complexity index is 353. The first-order valence-corrected chi connectivity index (χ1v) is 6.22. The van der Waals surface area contributed by atoms with Crippen LogP contribution in [0.1, 0.15) is 26.2 Å². The minimum atomic E-state index is -0.277. The zero-order chi connectivity index (χ0) is 12.0. The van der Waals surface area contributed by atoms with Gasteiger partial charge in [0, 0.05) is 18.8 Å². The molecular weight excluding hydrogens is 224 g/mol. The van der Waals surface area contributed by atoms with E-state index in [9.17, 15) is 9.59 Å². The molecular formula is C12H16O5. The number of hydrogen-bond acceptors (Lipinski definition) is 5. The molecule has 0 radical (unpaired) electrons. The van der Waals surface area contributed by atoms with Gasteiger partial charge in [0.15, 0.2) is 0 Å². The van der Waals surface area contributed by atoms with Gasteiger partial charge >= 0.3 is 11.9 Å². The summed E-state index contributed by atoms with van der Waals surface area (Å²) in [6, 6.07) is 0. The molecule has 3 aliphatic rings. The minimum Gasteiger partial charge on any atom is -0.465 e. The van der Waals surface area contributed by atoms with Crippen LogP contribution >= 0.6 is 0 Å². The van der Waals surface area contributed by atoms with E-state index in [4.69, 9.17) is 14.2 Å². The lowest BCUT2D eigenvalue weighted by Gasteiger charge is -2.24. The van der Waals surface area contributed by atoms with Gasteiger partial charge in [-0.25, -0.2) is 0 Å². The molecule has 5 nitrogen and oxygen atoms in total. The molecule has 2 bridgehead atoms. The Morgan fingerprint density at radius 1 is 1.53 bits per heavy atom. The molecule has 17 heavy (non-hydrogen) atoms. The first-order valence-electron chi connectivity index (χ1n) is 6.22. The van der Waals surface area contributed by atoms with E-state index < -0.39 is 0 Å². The molecule has 3 fully saturated rings. The third kappa shape index (κ3) is 1.64. The predicted molar refractivity (Wildman–Crippen MR) is 56.0 cm³/mol. The second kappa shape index (κ2) is 3.98. The molecule has 0 aromatic carbocycles. The Hall–Kier alpha value is -1.10. The SMILES string of the molecule is CCCC(=O)OC1CC2OC1C1C(=O)OCC21. The van der Waals surface area contributed by atoms with E-state index in [-0.39, 0.29) is 42.1 Å². The van der Waals surface area contributed by atoms with E-state index in [2.05, 4.69) is 0 Å². The van der Waals surface area contributed by atoms with Gasteiger partial charge in [-0.3, -0.25) is 9.59 Å². The maximum absolute atomic E-state index is 11.6. The van der Waals surface area contributed by atoms with Crippen LogP contribution in [-0.4, -0.2) is 36.9 Å². The van der Waals surface area contributed by atoms with Crippen LogP contribution in [0.25, 0.3) is 0 Å². The van der Waals surface area contributed by atoms with Crippen LogP contribution in [0.3, 0.4) is 0 Å². The van der Waals surface area contributed by atoms with Gasteiger partial charge in [0.1, 0.15) is 12.2 Å². The van der Waals surface area contributed by atoms with E-state index >= 15 is 0 Å². The van der Waals surface area contributed by atoms with Crippen LogP contribution in [0.2, 0.25) is 0 Å². The molecule has 0 saturated carbocycles. The van der Waals surface area contributed by atoms with Crippen molar-refractivity contribution in [2.24, 2.45) is 11.8 Å². The summed E-state index contributed by atoms with van der Waals surface area (Å²) < 4.78 is 16.1. The normalized spacial score (nSPS) is 42.4. The van der Waals surface area contributed by atoms with Crippen molar-refractivity contribution in [3.63, 3.8) is 0 Å². The van der Waals surface area contributed by atoms with Gasteiger partial charge in [0.05, 0.1) is 18.6 Å². The maximum Gasteiger partial charge on any atom is 0.312 e. The smallest absolute Gasteiger partial charge is 0.312 e. The lowest BCUT2D eigenvalue weighted by Crippen LogP contribution is -2.39. The summed E-state index contributed by atoms with van der Waals surface area (Å²) in [7, 11) is 0. The molecule has 94 valence electrons. The summed E-state index contributed by atoms with van der Waals surface area (Å²) in [6.45, 7) is 2.39. The van der Waals surface area contributed by atoms with Gasteiger partial charge in [0.2, 0.25) is 0 Å². The highest BCUT2D eigenvalue weighted by atomic mass is 16.6. The van der Waals surface area contributed by atoms with E-state index in [0.29, 0.717) is 19.4 Å². The van der Waals surface area contributed by atoms with Crippen LogP contribution in [0, 0.1) is 11.8 Å². The van der Waals surface area contributed by atoms with Crippen LogP contribution < -0.4 is 0 Å². The molecule has 0 aromatic heterocycles. The number of carbonyl (C=O) groups excluding carboxylic acids is 2. The predicted octanol–water partition coefficient (Wildman–Crippen LogP) is 0.659. The van der Waals surface area contributed by atoms with Crippen molar-refractivity contribution in [3.8, 4) is 0 Å². The van der Waals surface area contributed by atoms with Crippen LogP contribution in [0.15, 0.2) is 0 Å². The van der Waals surface area contributed by atoms with Crippen LogP contribution in [0.5, 0.6) is 0 Å². The molecule has 3 saturated heterocycles. The molecule has 5 atom stereocenters. The first-order chi connectivity index (χ1) is 8.20. The average Bonchev–Trinajstić information content (AvgIpc) is 2.91. The van der Waals surface area contributed by atoms with E-state index in [1.807, 2.05) is 6.92 Å². The lowest BCUT2D eigenvalue weighted by molar-refractivity contribution is -0.156. The van der Waals surface area contributed by atoms with Gasteiger partial charge in [-0.15, -0.1) is 0 Å². The number of esters is 2. The Kier molecular flexibility index (Phi) is 2.58. The topological polar surface area (TPSA) is 61.8 Å². The number of fused-ring (bicyclic) bond motifs is 5. The molecule has 0 aromatic rings. The number of carbonyl (C=O) groups is 2. The molecule has 3 heterocycles. The number of cyclic esters (lactones) is 1. The van der Waals surface area contributed by atoms with Crippen LogP contribution in [0.4, 0.5) is 0 Å². The highest BCUT2D eigenvalue weighted by molar-refractivity contribution is 5.77. The van der Waals surface area contributed by atoms with Crippen molar-refractivity contribution in [2.75, 3.05) is 6.61 Å². The summed E-state index contributed by atoms with van der Waals surface area (Å²) in [4.78, 5) is 23.0. The quantitative estimate of drug-likeness (QED) is 0.678. The van der Waals surface area contributed by atoms with Crippen molar-refractivity contribution in [1.29, 1.82) is 0 Å². The van der Waals surface area contributed by atoms with Crippen molar-refractivity contribution in [3.05, 3.63) is 0 Å². The highest BCUT2D eigenvalue weighted by Crippen LogP contribution is 2.48. The Morgan fingerprint density at radius 2 is 2.35 bits per heavy atom. The lowest BCUT2D eigenvalue weighted by atomic mass is 9.80. The fourth-order valence-electron chi connectivity index (χ4n) is 3.12. The third-order valence-electron chi connectivity index (χ3n) is 3.88. The molecule has 0 aliphatic carbocycles. The number of rotatable bonds is 3. The van der Waals surface area contributed by atoms with Gasteiger partial charge < -0.3 is 14.2 Å². The molecule has 5 unspecified atom stereocenters. The Balaban J connectivity index is 1.67. The molecule has 3 rings (SSSR count). The average molecular weight is 240 g/mol. The summed E-state index contributed by atoms with van der Waals surface area (Å²) in [5, 5.41) is 0. The maximum atomic E-state index is 11.6. The van der Waals surface area contributed by atoms with Gasteiger partial charge in [-0.05, 0) is 6.42 Å². The zero-order valence-corrected chi connectivity index (χ0v) is 9.76. The summed E-state index contributed by atoms with van der Waals surface area (Å²) >= 11 is 0. The second-order valence-corrected chi connectivity index (χ2v) is 4.97. The fourth-order valence-corrected chi connectivity index (χ4v) is 3.12. The van der Waals surface area contributed by atoms with Gasteiger partial charge in [-0.1, -0.05) is 6.92 Å². The van der Waals surface area contributed by atoms with E-state index in [1.165, 1.54) is 0 Å². The van der Waals surface area contributed by atoms with Gasteiger partial charge in [0.25, 0.3) is 0 Å².